The molecule has 0 unspecified atom stereocenters. The Bertz CT molecular complexity index is 1630. The fraction of sp³-hybridized carbons (Fsp3) is 0.143. The number of amides is 1. The Morgan fingerprint density at radius 2 is 1.67 bits per heavy atom. The van der Waals surface area contributed by atoms with Crippen molar-refractivity contribution in [3.8, 4) is 11.4 Å². The Hall–Kier alpha value is -4.72. The summed E-state index contributed by atoms with van der Waals surface area (Å²) in [6.45, 7) is 6.19. The number of anilines is 2. The topological polar surface area (TPSA) is 108 Å². The fourth-order valence-electron chi connectivity index (χ4n) is 4.21. The summed E-state index contributed by atoms with van der Waals surface area (Å²) < 4.78 is 3.02. The summed E-state index contributed by atoms with van der Waals surface area (Å²) in [6, 6.07) is 24.8. The van der Waals surface area contributed by atoms with E-state index in [2.05, 4.69) is 42.1 Å². The van der Waals surface area contributed by atoms with Crippen molar-refractivity contribution in [2.75, 3.05) is 11.1 Å². The normalized spacial score (nSPS) is 11.5. The minimum atomic E-state index is -0.344. The third-order valence-corrected chi connectivity index (χ3v) is 5.89. The van der Waals surface area contributed by atoms with Gasteiger partial charge in [0, 0.05) is 11.3 Å². The first kappa shape index (κ1) is 23.0. The van der Waals surface area contributed by atoms with E-state index in [-0.39, 0.29) is 22.8 Å². The van der Waals surface area contributed by atoms with Crippen LogP contribution in [0.4, 0.5) is 11.5 Å². The quantitative estimate of drug-likeness (QED) is 0.396. The van der Waals surface area contributed by atoms with Crippen LogP contribution < -0.4 is 16.7 Å². The molecular weight excluding hydrogens is 452 g/mol. The van der Waals surface area contributed by atoms with E-state index in [1.54, 1.807) is 28.8 Å². The largest absolute Gasteiger partial charge is 0.382 e. The minimum Gasteiger partial charge on any atom is -0.382 e. The van der Waals surface area contributed by atoms with Gasteiger partial charge in [-0.1, -0.05) is 51.1 Å². The zero-order valence-corrected chi connectivity index (χ0v) is 20.2. The molecule has 0 aliphatic carbocycles. The molecule has 0 aliphatic rings. The number of carbonyl (C=O) groups is 1. The van der Waals surface area contributed by atoms with Crippen LogP contribution in [0.15, 0.2) is 83.9 Å². The molecule has 1 radical (unpaired) electrons. The van der Waals surface area contributed by atoms with Crippen LogP contribution in [0.25, 0.3) is 22.5 Å². The summed E-state index contributed by atoms with van der Waals surface area (Å²) in [5, 5.41) is 2.86. The monoisotopic (exact) mass is 477 g/mol. The van der Waals surface area contributed by atoms with Crippen LogP contribution in [0.5, 0.6) is 0 Å². The number of nitrogens with one attached hydrogen (secondary N) is 1. The number of para-hydroxylation sites is 1. The molecule has 2 aromatic heterocycles. The van der Waals surface area contributed by atoms with Gasteiger partial charge in [-0.05, 0) is 59.5 Å². The molecule has 179 valence electrons. The maximum absolute atomic E-state index is 13.9. The van der Waals surface area contributed by atoms with Crippen LogP contribution in [0.3, 0.4) is 0 Å². The Morgan fingerprint density at radius 1 is 0.944 bits per heavy atom. The molecule has 0 saturated heterocycles. The maximum Gasteiger partial charge on any atom is 0.339 e. The molecule has 0 aliphatic heterocycles. The highest BCUT2D eigenvalue weighted by molar-refractivity contribution is 6.04. The van der Waals surface area contributed by atoms with Gasteiger partial charge in [-0.3, -0.25) is 9.36 Å². The third kappa shape index (κ3) is 4.02. The van der Waals surface area contributed by atoms with E-state index in [4.69, 9.17) is 5.73 Å². The smallest absolute Gasteiger partial charge is 0.339 e. The number of imidazole rings is 1. The lowest BCUT2D eigenvalue weighted by molar-refractivity contribution is 0.102. The molecular formula is C28H25N6O2. The number of hydrogen-bond donors (Lipinski definition) is 2. The molecule has 5 aromatic rings. The van der Waals surface area contributed by atoms with Crippen molar-refractivity contribution in [2.45, 2.75) is 26.2 Å². The zero-order valence-electron chi connectivity index (χ0n) is 20.2. The van der Waals surface area contributed by atoms with Crippen molar-refractivity contribution in [3.05, 3.63) is 107 Å². The van der Waals surface area contributed by atoms with Crippen molar-refractivity contribution in [1.29, 1.82) is 0 Å². The fourth-order valence-corrected chi connectivity index (χ4v) is 4.21. The number of fused-ring (bicyclic) bond motifs is 1. The first-order valence-electron chi connectivity index (χ1n) is 11.5. The van der Waals surface area contributed by atoms with Gasteiger partial charge in [-0.2, -0.15) is 0 Å². The highest BCUT2D eigenvalue weighted by Gasteiger charge is 2.25. The molecule has 0 saturated carbocycles. The van der Waals surface area contributed by atoms with Crippen LogP contribution in [-0.2, 0) is 5.41 Å². The molecule has 36 heavy (non-hydrogen) atoms. The summed E-state index contributed by atoms with van der Waals surface area (Å²) in [7, 11) is 0. The second-order valence-corrected chi connectivity index (χ2v) is 9.43. The average molecular weight is 478 g/mol. The number of carbonyl (C=O) groups excluding carboxylic acids is 1. The van der Waals surface area contributed by atoms with Gasteiger partial charge in [0.15, 0.2) is 11.5 Å². The van der Waals surface area contributed by atoms with Crippen molar-refractivity contribution >= 4 is 28.6 Å². The van der Waals surface area contributed by atoms with Crippen LogP contribution in [0, 0.1) is 6.07 Å². The van der Waals surface area contributed by atoms with Crippen LogP contribution >= 0.6 is 0 Å². The number of nitrogens with zero attached hydrogens (tertiary/aromatic N) is 4. The lowest BCUT2D eigenvalue weighted by Gasteiger charge is -2.22. The van der Waals surface area contributed by atoms with E-state index in [1.807, 2.05) is 48.5 Å². The second kappa shape index (κ2) is 8.81. The van der Waals surface area contributed by atoms with Crippen LogP contribution in [0.2, 0.25) is 0 Å². The van der Waals surface area contributed by atoms with Gasteiger partial charge in [0.2, 0.25) is 0 Å². The maximum atomic E-state index is 13.9. The zero-order chi connectivity index (χ0) is 25.4. The number of nitrogens with two attached hydrogens (primary N) is 1. The predicted molar refractivity (Wildman–Crippen MR) is 141 cm³/mol. The van der Waals surface area contributed by atoms with Gasteiger partial charge in [0.1, 0.15) is 11.8 Å². The van der Waals surface area contributed by atoms with Gasteiger partial charge < -0.3 is 11.1 Å². The first-order chi connectivity index (χ1) is 17.3. The Kier molecular flexibility index (Phi) is 5.64. The summed E-state index contributed by atoms with van der Waals surface area (Å²) in [5.74, 6) is -0.0704. The summed E-state index contributed by atoms with van der Waals surface area (Å²) in [4.78, 5) is 35.1. The van der Waals surface area contributed by atoms with E-state index >= 15 is 0 Å². The molecule has 0 atom stereocenters. The molecule has 2 heterocycles. The van der Waals surface area contributed by atoms with E-state index in [9.17, 15) is 9.59 Å². The minimum absolute atomic E-state index is 0.180. The number of benzene rings is 3. The van der Waals surface area contributed by atoms with E-state index in [0.29, 0.717) is 33.8 Å². The second-order valence-electron chi connectivity index (χ2n) is 9.43. The molecule has 0 bridgehead atoms. The number of aromatic nitrogens is 4. The predicted octanol–water partition coefficient (Wildman–Crippen LogP) is 4.50. The van der Waals surface area contributed by atoms with E-state index < -0.39 is 0 Å². The summed E-state index contributed by atoms with van der Waals surface area (Å²) in [5.41, 5.74) is 9.67. The van der Waals surface area contributed by atoms with Gasteiger partial charge in [-0.15, -0.1) is 0 Å². The molecule has 3 aromatic carbocycles. The third-order valence-electron chi connectivity index (χ3n) is 5.89. The lowest BCUT2D eigenvalue weighted by Crippen LogP contribution is -2.25. The molecule has 1 amide bonds. The first-order valence-corrected chi connectivity index (χ1v) is 11.5. The standard InChI is InChI=1S/C28H25N6O2/c1-28(2,3)21-11-7-8-12-22(21)34-25-23(24(29)30-17-31-25)33(27(34)36)20-15-13-18(14-16-20)26(35)32-19-9-5-4-6-10-19/h4-10,12-17H,1-3H3,(H,32,35)(H2,29,30,31). The van der Waals surface area contributed by atoms with Crippen molar-refractivity contribution < 1.29 is 4.79 Å². The highest BCUT2D eigenvalue weighted by Crippen LogP contribution is 2.30. The summed E-state index contributed by atoms with van der Waals surface area (Å²) in [6.07, 6.45) is 1.35. The van der Waals surface area contributed by atoms with Gasteiger partial charge in [0.25, 0.3) is 5.91 Å². The molecule has 3 N–H and O–H groups in total. The van der Waals surface area contributed by atoms with Crippen LogP contribution in [-0.4, -0.2) is 25.0 Å². The number of hydrogen-bond acceptors (Lipinski definition) is 5. The van der Waals surface area contributed by atoms with Crippen LogP contribution in [0.1, 0.15) is 36.7 Å². The van der Waals surface area contributed by atoms with Gasteiger partial charge in [-0.25, -0.2) is 19.3 Å². The Morgan fingerprint density at radius 3 is 2.36 bits per heavy atom. The lowest BCUT2D eigenvalue weighted by atomic mass is 9.86. The average Bonchev–Trinajstić information content (AvgIpc) is 3.17. The molecule has 8 heteroatoms. The van der Waals surface area contributed by atoms with Gasteiger partial charge >= 0.3 is 5.69 Å². The van der Waals surface area contributed by atoms with Crippen molar-refractivity contribution in [2.24, 2.45) is 0 Å². The van der Waals surface area contributed by atoms with Crippen molar-refractivity contribution in [3.63, 3.8) is 0 Å². The van der Waals surface area contributed by atoms with Crippen molar-refractivity contribution in [1.82, 2.24) is 19.1 Å². The molecule has 0 fully saturated rings. The summed E-state index contributed by atoms with van der Waals surface area (Å²) >= 11 is 0. The molecule has 0 spiro atoms. The SMILES string of the molecule is CC(C)(C)c1[c]cccc1-n1c(=O)n(-c2ccc(C(=O)Nc3ccccc3)cc2)c2c(N)ncnc21. The Labute approximate surface area is 208 Å². The van der Waals surface area contributed by atoms with E-state index in [1.165, 1.54) is 10.9 Å². The number of nitrogen functional groups attached to an aromatic ring is 1. The van der Waals surface area contributed by atoms with E-state index in [0.717, 1.165) is 5.56 Å². The highest BCUT2D eigenvalue weighted by atomic mass is 16.2. The Balaban J connectivity index is 1.64. The number of rotatable bonds is 4. The van der Waals surface area contributed by atoms with Gasteiger partial charge in [0.05, 0.1) is 11.4 Å². The molecule has 8 nitrogen and oxygen atoms in total. The molecule has 5 rings (SSSR count).